The van der Waals surface area contributed by atoms with Gasteiger partial charge in [0.15, 0.2) is 0 Å². The zero-order chi connectivity index (χ0) is 21.0. The number of anilines is 1. The van der Waals surface area contributed by atoms with Gasteiger partial charge in [-0.25, -0.2) is 4.98 Å². The summed E-state index contributed by atoms with van der Waals surface area (Å²) in [5.74, 6) is -1.99. The third kappa shape index (κ3) is 5.91. The molecule has 3 rings (SSSR count). The first kappa shape index (κ1) is 21.5. The molecule has 1 aliphatic carbocycles. The van der Waals surface area contributed by atoms with Gasteiger partial charge in [-0.2, -0.15) is 13.2 Å². The largest absolute Gasteiger partial charge is 0.391 e. The Hall–Kier alpha value is -2.16. The second kappa shape index (κ2) is 9.11. The first-order chi connectivity index (χ1) is 13.7. The van der Waals surface area contributed by atoms with Gasteiger partial charge in [0.2, 0.25) is 11.8 Å². The third-order valence-electron chi connectivity index (χ3n) is 5.77. The molecule has 2 atom stereocenters. The van der Waals surface area contributed by atoms with Crippen LogP contribution < -0.4 is 5.32 Å². The number of carbonyl (C=O) groups excluding carboxylic acids is 2. The summed E-state index contributed by atoms with van der Waals surface area (Å²) in [7, 11) is 0. The van der Waals surface area contributed by atoms with Gasteiger partial charge >= 0.3 is 6.18 Å². The molecule has 1 aromatic heterocycles. The number of piperazine rings is 1. The van der Waals surface area contributed by atoms with Crippen molar-refractivity contribution >= 4 is 17.6 Å². The van der Waals surface area contributed by atoms with E-state index in [1.807, 2.05) is 6.07 Å². The number of alkyl halides is 3. The molecule has 2 heterocycles. The van der Waals surface area contributed by atoms with Crippen LogP contribution in [-0.4, -0.2) is 59.0 Å². The van der Waals surface area contributed by atoms with E-state index in [0.717, 1.165) is 18.8 Å². The number of amides is 2. The number of pyridine rings is 1. The molecule has 1 N–H and O–H groups in total. The van der Waals surface area contributed by atoms with E-state index in [1.54, 1.807) is 24.0 Å². The van der Waals surface area contributed by atoms with Gasteiger partial charge < -0.3 is 10.2 Å². The summed E-state index contributed by atoms with van der Waals surface area (Å²) >= 11 is 0. The molecule has 1 saturated heterocycles. The maximum Gasteiger partial charge on any atom is 0.391 e. The highest BCUT2D eigenvalue weighted by Gasteiger charge is 2.43. The molecule has 0 aromatic carbocycles. The van der Waals surface area contributed by atoms with Crippen LogP contribution in [0.4, 0.5) is 19.0 Å². The lowest BCUT2D eigenvalue weighted by Gasteiger charge is -2.34. The molecule has 1 aliphatic heterocycles. The number of aromatic nitrogens is 1. The maximum atomic E-state index is 13.0. The average Bonchev–Trinajstić information content (AvgIpc) is 2.68. The summed E-state index contributed by atoms with van der Waals surface area (Å²) in [5.41, 5.74) is 0.774. The fraction of sp³-hybridized carbons (Fsp3) is 0.650. The Morgan fingerprint density at radius 1 is 1.17 bits per heavy atom. The zero-order valence-electron chi connectivity index (χ0n) is 16.5. The normalized spacial score (nSPS) is 23.7. The molecule has 1 aromatic rings. The third-order valence-corrected chi connectivity index (χ3v) is 5.77. The topological polar surface area (TPSA) is 65.5 Å². The molecular formula is C20H27F3N4O2. The summed E-state index contributed by atoms with van der Waals surface area (Å²) in [6, 6.07) is 5.29. The Kier molecular flexibility index (Phi) is 6.77. The Morgan fingerprint density at radius 3 is 2.55 bits per heavy atom. The average molecular weight is 412 g/mol. The minimum atomic E-state index is -4.25. The van der Waals surface area contributed by atoms with Crippen LogP contribution in [0.3, 0.4) is 0 Å². The van der Waals surface area contributed by atoms with E-state index in [9.17, 15) is 22.8 Å². The fourth-order valence-corrected chi connectivity index (χ4v) is 4.04. The molecular weight excluding hydrogens is 385 g/mol. The van der Waals surface area contributed by atoms with E-state index in [0.29, 0.717) is 38.3 Å². The van der Waals surface area contributed by atoms with E-state index in [1.165, 1.54) is 0 Å². The lowest BCUT2D eigenvalue weighted by Crippen LogP contribution is -2.47. The summed E-state index contributed by atoms with van der Waals surface area (Å²) in [6.07, 6.45) is -3.43. The van der Waals surface area contributed by atoms with Crippen molar-refractivity contribution in [2.24, 2.45) is 11.8 Å². The highest BCUT2D eigenvalue weighted by molar-refractivity contribution is 5.91. The highest BCUT2D eigenvalue weighted by Crippen LogP contribution is 2.40. The first-order valence-electron chi connectivity index (χ1n) is 10.0. The molecule has 0 radical (unpaired) electrons. The summed E-state index contributed by atoms with van der Waals surface area (Å²) in [5, 5.41) is 2.69. The molecule has 1 saturated carbocycles. The van der Waals surface area contributed by atoms with Gasteiger partial charge in [-0.15, -0.1) is 0 Å². The molecule has 0 bridgehead atoms. The van der Waals surface area contributed by atoms with E-state index >= 15 is 0 Å². The number of rotatable bonds is 4. The maximum absolute atomic E-state index is 13.0. The standard InChI is InChI=1S/C20H27F3N4O2/c1-14(28)27-10-8-26(9-11-27)13-17-6-3-7-18(24-17)25-19(29)15-4-2-5-16(12-15)20(21,22)23/h3,6-7,15-16H,2,4-5,8-13H2,1H3,(H,24,25,29)/t15-,16-/m1/s1. The number of hydrogen-bond donors (Lipinski definition) is 1. The predicted octanol–water partition coefficient (Wildman–Crippen LogP) is 3.05. The first-order valence-corrected chi connectivity index (χ1v) is 10.0. The molecule has 2 aliphatic rings. The number of nitrogens with one attached hydrogen (secondary N) is 1. The SMILES string of the molecule is CC(=O)N1CCN(Cc2cccc(NC(=O)[C@@H]3CCC[C@@H](C(F)(F)F)C3)n2)CC1. The summed E-state index contributed by atoms with van der Waals surface area (Å²) < 4.78 is 38.9. The van der Waals surface area contributed by atoms with Crippen molar-refractivity contribution in [2.45, 2.75) is 45.3 Å². The molecule has 9 heteroatoms. The number of hydrogen-bond acceptors (Lipinski definition) is 4. The van der Waals surface area contributed by atoms with Gasteiger partial charge in [-0.05, 0) is 31.4 Å². The van der Waals surface area contributed by atoms with Crippen LogP contribution in [0.1, 0.15) is 38.3 Å². The number of carbonyl (C=O) groups is 2. The molecule has 2 amide bonds. The van der Waals surface area contributed by atoms with Crippen LogP contribution in [-0.2, 0) is 16.1 Å². The van der Waals surface area contributed by atoms with E-state index < -0.39 is 23.9 Å². The van der Waals surface area contributed by atoms with Crippen LogP contribution in [0, 0.1) is 11.8 Å². The van der Waals surface area contributed by atoms with Crippen LogP contribution in [0.5, 0.6) is 0 Å². The monoisotopic (exact) mass is 412 g/mol. The van der Waals surface area contributed by atoms with Crippen LogP contribution in [0.2, 0.25) is 0 Å². The molecule has 0 spiro atoms. The Bertz CT molecular complexity index is 733. The van der Waals surface area contributed by atoms with E-state index in [-0.39, 0.29) is 18.7 Å². The van der Waals surface area contributed by atoms with Gasteiger partial charge in [0.25, 0.3) is 0 Å². The van der Waals surface area contributed by atoms with Crippen molar-refractivity contribution in [2.75, 3.05) is 31.5 Å². The second-order valence-corrected chi connectivity index (χ2v) is 7.89. The molecule has 29 heavy (non-hydrogen) atoms. The minimum absolute atomic E-state index is 0.0722. The second-order valence-electron chi connectivity index (χ2n) is 7.89. The van der Waals surface area contributed by atoms with Crippen LogP contribution >= 0.6 is 0 Å². The van der Waals surface area contributed by atoms with E-state index in [2.05, 4.69) is 15.2 Å². The van der Waals surface area contributed by atoms with E-state index in [4.69, 9.17) is 0 Å². The lowest BCUT2D eigenvalue weighted by atomic mass is 9.80. The van der Waals surface area contributed by atoms with Gasteiger partial charge in [0.05, 0.1) is 11.6 Å². The van der Waals surface area contributed by atoms with Gasteiger partial charge in [-0.3, -0.25) is 14.5 Å². The van der Waals surface area contributed by atoms with Gasteiger partial charge in [0, 0.05) is 45.6 Å². The van der Waals surface area contributed by atoms with Crippen molar-refractivity contribution in [1.82, 2.24) is 14.8 Å². The quantitative estimate of drug-likeness (QED) is 0.826. The van der Waals surface area contributed by atoms with Gasteiger partial charge in [-0.1, -0.05) is 12.5 Å². The zero-order valence-corrected chi connectivity index (χ0v) is 16.5. The minimum Gasteiger partial charge on any atom is -0.340 e. The Balaban J connectivity index is 1.54. The molecule has 160 valence electrons. The van der Waals surface area contributed by atoms with Crippen LogP contribution in [0.25, 0.3) is 0 Å². The van der Waals surface area contributed by atoms with Crippen molar-refractivity contribution in [3.05, 3.63) is 23.9 Å². The van der Waals surface area contributed by atoms with Crippen molar-refractivity contribution in [3.8, 4) is 0 Å². The molecule has 2 fully saturated rings. The lowest BCUT2D eigenvalue weighted by molar-refractivity contribution is -0.185. The van der Waals surface area contributed by atoms with Crippen molar-refractivity contribution < 1.29 is 22.8 Å². The van der Waals surface area contributed by atoms with Crippen molar-refractivity contribution in [3.63, 3.8) is 0 Å². The van der Waals surface area contributed by atoms with Gasteiger partial charge in [0.1, 0.15) is 5.82 Å². The molecule has 6 nitrogen and oxygen atoms in total. The predicted molar refractivity (Wildman–Crippen MR) is 102 cm³/mol. The Morgan fingerprint density at radius 2 is 1.90 bits per heavy atom. The summed E-state index contributed by atoms with van der Waals surface area (Å²) in [4.78, 5) is 32.3. The fourth-order valence-electron chi connectivity index (χ4n) is 4.04. The highest BCUT2D eigenvalue weighted by atomic mass is 19.4. The number of nitrogens with zero attached hydrogens (tertiary/aromatic N) is 3. The molecule has 0 unspecified atom stereocenters. The van der Waals surface area contributed by atoms with Crippen LogP contribution in [0.15, 0.2) is 18.2 Å². The number of halogens is 3. The van der Waals surface area contributed by atoms with Crippen molar-refractivity contribution in [1.29, 1.82) is 0 Å². The summed E-state index contributed by atoms with van der Waals surface area (Å²) in [6.45, 7) is 5.00. The Labute approximate surface area is 168 Å². The smallest absolute Gasteiger partial charge is 0.340 e.